The van der Waals surface area contributed by atoms with E-state index in [0.29, 0.717) is 0 Å². The van der Waals surface area contributed by atoms with Crippen molar-refractivity contribution < 1.29 is 0 Å². The van der Waals surface area contributed by atoms with Crippen LogP contribution in [-0.4, -0.2) is 27.6 Å². The first-order chi connectivity index (χ1) is 17.9. The molecule has 1 aliphatic heterocycles. The summed E-state index contributed by atoms with van der Waals surface area (Å²) < 4.78 is 3.05. The summed E-state index contributed by atoms with van der Waals surface area (Å²) in [5, 5.41) is 0. The Morgan fingerprint density at radius 2 is 0.639 bits per heavy atom. The van der Waals surface area contributed by atoms with Crippen molar-refractivity contribution in [1.29, 1.82) is 0 Å². The van der Waals surface area contributed by atoms with Crippen LogP contribution < -0.4 is 5.46 Å². The van der Waals surface area contributed by atoms with Crippen LogP contribution in [0.3, 0.4) is 0 Å². The van der Waals surface area contributed by atoms with Gasteiger partial charge in [0.05, 0.1) is 0 Å². The van der Waals surface area contributed by atoms with Crippen LogP contribution in [0.5, 0.6) is 0 Å². The molecule has 1 aliphatic rings. The van der Waals surface area contributed by atoms with Gasteiger partial charge in [-0.1, -0.05) is 0 Å². The molecule has 0 nitrogen and oxygen atoms in total. The molecule has 0 N–H and O–H groups in total. The zero-order valence-electron chi connectivity index (χ0n) is 19.9. The molecule has 5 aromatic rings. The first kappa shape index (κ1) is 22.9. The Morgan fingerprint density at radius 1 is 0.333 bits per heavy atom. The van der Waals surface area contributed by atoms with E-state index in [9.17, 15) is 0 Å². The van der Waals surface area contributed by atoms with Crippen LogP contribution in [0.2, 0.25) is 0 Å². The average Bonchev–Trinajstić information content (AvgIpc) is 2.98. The van der Waals surface area contributed by atoms with Crippen molar-refractivity contribution >= 4 is 51.3 Å². The van der Waals surface area contributed by atoms with Gasteiger partial charge in [-0.05, 0) is 0 Å². The van der Waals surface area contributed by atoms with Crippen molar-refractivity contribution in [2.24, 2.45) is 0 Å². The van der Waals surface area contributed by atoms with Gasteiger partial charge in [0.15, 0.2) is 0 Å². The van der Waals surface area contributed by atoms with Crippen molar-refractivity contribution in [3.8, 4) is 0 Å². The van der Waals surface area contributed by atoms with Gasteiger partial charge in [0.1, 0.15) is 0 Å². The molecule has 0 spiro atoms. The summed E-state index contributed by atoms with van der Waals surface area (Å²) in [7, 11) is 0. The zero-order valence-corrected chi connectivity index (χ0v) is 22.2. The molecule has 2 heteroatoms. The van der Waals surface area contributed by atoms with E-state index in [0.717, 1.165) is 0 Å². The van der Waals surface area contributed by atoms with Crippen LogP contribution in [0.25, 0.3) is 18.2 Å². The van der Waals surface area contributed by atoms with E-state index in [4.69, 9.17) is 0 Å². The van der Waals surface area contributed by atoms with E-state index >= 15 is 0 Å². The summed E-state index contributed by atoms with van der Waals surface area (Å²) in [5.74, 6) is 0. The van der Waals surface area contributed by atoms with Crippen LogP contribution in [0.4, 0.5) is 0 Å². The molecule has 0 fully saturated rings. The van der Waals surface area contributed by atoms with E-state index < -0.39 is 20.9 Å². The fraction of sp³-hybridized carbons (Fsp3) is 0. The fourth-order valence-corrected chi connectivity index (χ4v) is 9.04. The Hall–Kier alpha value is -3.57. The summed E-state index contributed by atoms with van der Waals surface area (Å²) in [6.45, 7) is 0.139. The number of hydrogen-bond donors (Lipinski definition) is 0. The quantitative estimate of drug-likeness (QED) is 0.194. The van der Waals surface area contributed by atoms with Crippen molar-refractivity contribution in [3.05, 3.63) is 174 Å². The van der Waals surface area contributed by atoms with Gasteiger partial charge in [-0.3, -0.25) is 0 Å². The molecule has 170 valence electrons. The number of rotatable bonds is 5. The molecule has 0 amide bonds. The molecular formula is C34H25BTe. The molecule has 0 atom stereocenters. The summed E-state index contributed by atoms with van der Waals surface area (Å²) >= 11 is -0.711. The van der Waals surface area contributed by atoms with Crippen molar-refractivity contribution in [2.75, 3.05) is 0 Å². The van der Waals surface area contributed by atoms with E-state index in [2.05, 4.69) is 152 Å². The molecule has 0 aliphatic carbocycles. The average molecular weight is 572 g/mol. The zero-order chi connectivity index (χ0) is 24.2. The Balaban J connectivity index is 1.72. The van der Waals surface area contributed by atoms with Crippen LogP contribution >= 0.6 is 0 Å². The Morgan fingerprint density at radius 3 is 1.00 bits per heavy atom. The van der Waals surface area contributed by atoms with E-state index in [-0.39, 0.29) is 6.71 Å². The van der Waals surface area contributed by atoms with Crippen LogP contribution in [0.1, 0.15) is 22.3 Å². The van der Waals surface area contributed by atoms with Gasteiger partial charge in [0.25, 0.3) is 0 Å². The standard InChI is InChI=1S/C34H25BTe/c1-6-16-26(17-7-1)31-33(28-20-10-3-11-21-28)36-34(29-22-12-4-13-23-29)32(27-18-8-2-9-19-27)35(31)30-24-14-5-15-25-30/h1-25H. The SMILES string of the molecule is c1ccc(B2C(c3ccccc3)=C(c3ccccc3)[Te]C(c3ccccc3)=C2c2ccccc2)cc1. The molecule has 0 aromatic heterocycles. The molecule has 0 radical (unpaired) electrons. The molecule has 0 saturated heterocycles. The molecule has 36 heavy (non-hydrogen) atoms. The normalized spacial score (nSPS) is 13.7. The molecule has 0 unspecified atom stereocenters. The Kier molecular flexibility index (Phi) is 6.73. The molecule has 0 saturated carbocycles. The van der Waals surface area contributed by atoms with Crippen LogP contribution in [-0.2, 0) is 0 Å². The van der Waals surface area contributed by atoms with E-state index in [1.165, 1.54) is 45.9 Å². The third kappa shape index (κ3) is 4.51. The molecule has 0 bridgehead atoms. The minimum absolute atomic E-state index is 0.139. The second kappa shape index (κ2) is 10.6. The maximum atomic E-state index is 2.30. The Labute approximate surface area is 224 Å². The molecular weight excluding hydrogens is 547 g/mol. The summed E-state index contributed by atoms with van der Waals surface area (Å²) in [5.41, 5.74) is 9.57. The third-order valence-corrected chi connectivity index (χ3v) is 10.4. The summed E-state index contributed by atoms with van der Waals surface area (Å²) in [4.78, 5) is 0. The summed E-state index contributed by atoms with van der Waals surface area (Å²) in [6, 6.07) is 55.3. The van der Waals surface area contributed by atoms with Gasteiger partial charge in [-0.25, -0.2) is 0 Å². The van der Waals surface area contributed by atoms with Crippen molar-refractivity contribution in [1.82, 2.24) is 0 Å². The monoisotopic (exact) mass is 574 g/mol. The fourth-order valence-electron chi connectivity index (χ4n) is 5.04. The van der Waals surface area contributed by atoms with E-state index in [1.54, 1.807) is 0 Å². The second-order valence-electron chi connectivity index (χ2n) is 8.90. The van der Waals surface area contributed by atoms with Gasteiger partial charge in [0, 0.05) is 0 Å². The predicted octanol–water partition coefficient (Wildman–Crippen LogP) is 7.32. The van der Waals surface area contributed by atoms with Crippen molar-refractivity contribution in [2.45, 2.75) is 0 Å². The molecule has 5 aromatic carbocycles. The van der Waals surface area contributed by atoms with Gasteiger partial charge in [0.2, 0.25) is 0 Å². The number of benzene rings is 5. The molecule has 6 rings (SSSR count). The topological polar surface area (TPSA) is 0 Å². The molecule has 1 heterocycles. The number of hydrogen-bond acceptors (Lipinski definition) is 0. The first-order valence-corrected chi connectivity index (χ1v) is 14.7. The second-order valence-corrected chi connectivity index (χ2v) is 11.8. The summed E-state index contributed by atoms with van der Waals surface area (Å²) in [6.07, 6.45) is 0. The first-order valence-electron chi connectivity index (χ1n) is 12.3. The van der Waals surface area contributed by atoms with Gasteiger partial charge in [-0.15, -0.1) is 0 Å². The minimum atomic E-state index is -0.711. The predicted molar refractivity (Wildman–Crippen MR) is 157 cm³/mol. The third-order valence-electron chi connectivity index (χ3n) is 6.65. The van der Waals surface area contributed by atoms with Gasteiger partial charge in [-0.2, -0.15) is 0 Å². The van der Waals surface area contributed by atoms with E-state index in [1.807, 2.05) is 0 Å². The van der Waals surface area contributed by atoms with Crippen molar-refractivity contribution in [3.63, 3.8) is 0 Å². The van der Waals surface area contributed by atoms with Gasteiger partial charge >= 0.3 is 225 Å². The van der Waals surface area contributed by atoms with Crippen LogP contribution in [0.15, 0.2) is 152 Å². The Bertz CT molecular complexity index is 1410. The van der Waals surface area contributed by atoms with Crippen LogP contribution in [0, 0.1) is 0 Å². The maximum absolute atomic E-state index is 2.30. The van der Waals surface area contributed by atoms with Gasteiger partial charge < -0.3 is 0 Å².